The Bertz CT molecular complexity index is 2720. The van der Waals surface area contributed by atoms with Gasteiger partial charge < -0.3 is 19.7 Å². The molecule has 2 aliphatic carbocycles. The molecule has 3 aliphatic heterocycles. The molecule has 2 N–H and O–H groups in total. The molecule has 3 amide bonds. The Morgan fingerprint density at radius 2 is 1.81 bits per heavy atom. The Hall–Kier alpha value is -5.98. The van der Waals surface area contributed by atoms with Crippen molar-refractivity contribution in [2.45, 2.75) is 107 Å². The van der Waals surface area contributed by atoms with E-state index in [2.05, 4.69) is 42.6 Å². The SMILES string of the molecule is O=C1CCC(c2nn(C3CC3)c3c(C#CCO[C@H]4CCN(C[C@H]5CC[C@H](n6cc(NC(=O)c7cnn8ccc(N9CCOC(C(F)F)C9)nc78)c(C(F)F)n6)CC5)C[C@H]4F)cccc23)C(=O)N1. The number of hydrogen-bond donors (Lipinski definition) is 2. The minimum absolute atomic E-state index is 0.0141. The van der Waals surface area contributed by atoms with Gasteiger partial charge in [-0.2, -0.15) is 15.3 Å². The van der Waals surface area contributed by atoms with Gasteiger partial charge in [0.25, 0.3) is 18.8 Å². The van der Waals surface area contributed by atoms with Crippen LogP contribution in [-0.2, 0) is 19.1 Å². The first kappa shape index (κ1) is 44.8. The first-order valence-electron chi connectivity index (χ1n) is 23.0. The van der Waals surface area contributed by atoms with Gasteiger partial charge in [0.1, 0.15) is 30.3 Å². The van der Waals surface area contributed by atoms with Gasteiger partial charge in [0.15, 0.2) is 11.3 Å². The summed E-state index contributed by atoms with van der Waals surface area (Å²) in [5, 5.41) is 19.1. The summed E-state index contributed by atoms with van der Waals surface area (Å²) < 4.78 is 86.8. The number of alkyl halides is 5. The quantitative estimate of drug-likeness (QED) is 0.0856. The lowest BCUT2D eigenvalue weighted by Crippen LogP contribution is -2.47. The third-order valence-corrected chi connectivity index (χ3v) is 13.6. The number of benzene rings is 1. The topological polar surface area (TPSA) is 166 Å². The van der Waals surface area contributed by atoms with Gasteiger partial charge in [0.05, 0.1) is 65.9 Å². The molecule has 16 nitrogen and oxygen atoms in total. The molecule has 5 aromatic rings. The van der Waals surface area contributed by atoms with Crippen molar-refractivity contribution in [3.8, 4) is 11.8 Å². The lowest BCUT2D eigenvalue weighted by atomic mass is 9.85. The van der Waals surface area contributed by atoms with Gasteiger partial charge in [-0.15, -0.1) is 0 Å². The number of ether oxygens (including phenoxy) is 2. The maximum Gasteiger partial charge on any atom is 0.284 e. The molecule has 0 radical (unpaired) electrons. The van der Waals surface area contributed by atoms with Crippen LogP contribution >= 0.6 is 0 Å². The van der Waals surface area contributed by atoms with Crippen molar-refractivity contribution in [1.82, 2.24) is 44.4 Å². The Balaban J connectivity index is 0.712. The van der Waals surface area contributed by atoms with Gasteiger partial charge >= 0.3 is 0 Å². The number of morpholine rings is 1. The zero-order valence-electron chi connectivity index (χ0n) is 36.5. The van der Waals surface area contributed by atoms with Crippen LogP contribution in [0.2, 0.25) is 0 Å². The fourth-order valence-corrected chi connectivity index (χ4v) is 9.92. The summed E-state index contributed by atoms with van der Waals surface area (Å²) in [6, 6.07) is 7.38. The Morgan fingerprint density at radius 3 is 2.57 bits per heavy atom. The maximum absolute atomic E-state index is 15.6. The van der Waals surface area contributed by atoms with Crippen molar-refractivity contribution in [2.75, 3.05) is 56.2 Å². The Morgan fingerprint density at radius 1 is 0.985 bits per heavy atom. The standard InChI is InChI=1S/C46H50F5N11O5/c47-33-23-58(16-14-35(33)66-19-2-4-27-3-1-5-30-39(31-12-13-38(63)55-45(31)64)57-62(41(27)30)29-10-11-29)22-26-6-8-28(9-7-26)61-24-34(40(56-61)43(50)51)53-46(65)32-21-52-60-17-15-37(54-44(32)60)59-18-20-67-36(25-59)42(48)49/h1,3,5,15,17,21,24,26,28-29,31,33,35-36,42-43H,6-14,16,18-20,22-23,25H2,(H,53,65)(H,55,63,64)/t26-,28-,31?,33-,35+,36?/m1/s1. The van der Waals surface area contributed by atoms with Crippen LogP contribution in [0.1, 0.15) is 110 Å². The number of likely N-dealkylation sites (tertiary alicyclic amines) is 1. The molecular weight excluding hydrogens is 882 g/mol. The number of rotatable bonds is 12. The number of halogens is 5. The first-order valence-corrected chi connectivity index (χ1v) is 23.0. The van der Waals surface area contributed by atoms with E-state index >= 15 is 4.39 Å². The fourth-order valence-electron chi connectivity index (χ4n) is 9.92. The highest BCUT2D eigenvalue weighted by molar-refractivity contribution is 6.08. The van der Waals surface area contributed by atoms with Crippen LogP contribution < -0.4 is 15.5 Å². The summed E-state index contributed by atoms with van der Waals surface area (Å²) in [6.07, 6.45) is 1.61. The van der Waals surface area contributed by atoms with Crippen molar-refractivity contribution in [2.24, 2.45) is 5.92 Å². The van der Waals surface area contributed by atoms with Gasteiger partial charge in [-0.3, -0.25) is 34.0 Å². The van der Waals surface area contributed by atoms with Gasteiger partial charge in [0, 0.05) is 50.4 Å². The minimum Gasteiger partial charge on any atom is -0.369 e. The highest BCUT2D eigenvalue weighted by Gasteiger charge is 2.37. The summed E-state index contributed by atoms with van der Waals surface area (Å²) >= 11 is 0. The van der Waals surface area contributed by atoms with Gasteiger partial charge in [-0.25, -0.2) is 31.5 Å². The first-order chi connectivity index (χ1) is 32.5. The molecule has 7 heterocycles. The predicted octanol–water partition coefficient (Wildman–Crippen LogP) is 6.00. The van der Waals surface area contributed by atoms with Crippen molar-refractivity contribution in [3.05, 3.63) is 65.4 Å². The van der Waals surface area contributed by atoms with Crippen LogP contribution in [0.3, 0.4) is 0 Å². The number of aromatic nitrogens is 7. The summed E-state index contributed by atoms with van der Waals surface area (Å²) in [7, 11) is 0. The molecule has 2 unspecified atom stereocenters. The van der Waals surface area contributed by atoms with Crippen LogP contribution in [0.15, 0.2) is 42.9 Å². The van der Waals surface area contributed by atoms with E-state index < -0.39 is 48.7 Å². The highest BCUT2D eigenvalue weighted by atomic mass is 19.3. The molecule has 3 saturated heterocycles. The van der Waals surface area contributed by atoms with E-state index in [4.69, 9.17) is 14.6 Å². The Labute approximate surface area is 381 Å². The number of amides is 3. The van der Waals surface area contributed by atoms with Crippen molar-refractivity contribution in [3.63, 3.8) is 0 Å². The van der Waals surface area contributed by atoms with E-state index in [1.165, 1.54) is 21.6 Å². The molecule has 10 rings (SSSR count). The van der Waals surface area contributed by atoms with Crippen molar-refractivity contribution >= 4 is 45.8 Å². The molecule has 5 aliphatic rings. The molecule has 0 spiro atoms. The van der Waals surface area contributed by atoms with E-state index in [9.17, 15) is 31.9 Å². The lowest BCUT2D eigenvalue weighted by molar-refractivity contribution is -0.134. The number of fused-ring (bicyclic) bond motifs is 2. The van der Waals surface area contributed by atoms with Crippen LogP contribution in [0.5, 0.6) is 0 Å². The number of carbonyl (C=O) groups excluding carboxylic acids is 3. The van der Waals surface area contributed by atoms with Crippen LogP contribution in [0.25, 0.3) is 16.6 Å². The molecule has 4 atom stereocenters. The van der Waals surface area contributed by atoms with E-state index in [0.717, 1.165) is 42.1 Å². The van der Waals surface area contributed by atoms with E-state index in [-0.39, 0.29) is 79.4 Å². The molecule has 354 valence electrons. The molecule has 0 bridgehead atoms. The number of piperidine rings is 2. The second-order valence-electron chi connectivity index (χ2n) is 18.1. The zero-order valence-corrected chi connectivity index (χ0v) is 36.5. The highest BCUT2D eigenvalue weighted by Crippen LogP contribution is 2.41. The van der Waals surface area contributed by atoms with Crippen LogP contribution in [-0.4, -0.2) is 128 Å². The molecular formula is C46H50F5N11O5. The Kier molecular flexibility index (Phi) is 12.7. The largest absolute Gasteiger partial charge is 0.369 e. The average Bonchev–Trinajstić information content (AvgIpc) is 3.74. The number of nitrogens with zero attached hydrogens (tertiary/aromatic N) is 9. The normalized spacial score (nSPS) is 25.2. The lowest BCUT2D eigenvalue weighted by Gasteiger charge is -2.38. The summed E-state index contributed by atoms with van der Waals surface area (Å²) in [5.41, 5.74) is 1.72. The number of para-hydroxylation sites is 1. The van der Waals surface area contributed by atoms with Gasteiger partial charge in [-0.05, 0) is 69.4 Å². The molecule has 67 heavy (non-hydrogen) atoms. The summed E-state index contributed by atoms with van der Waals surface area (Å²) in [6.45, 7) is 1.97. The monoisotopic (exact) mass is 931 g/mol. The average molecular weight is 932 g/mol. The number of carbonyl (C=O) groups is 3. The van der Waals surface area contributed by atoms with Crippen molar-refractivity contribution in [1.29, 1.82) is 0 Å². The molecule has 21 heteroatoms. The summed E-state index contributed by atoms with van der Waals surface area (Å²) in [4.78, 5) is 46.3. The molecule has 4 aromatic heterocycles. The van der Waals surface area contributed by atoms with E-state index in [0.29, 0.717) is 56.8 Å². The number of hydrogen-bond acceptors (Lipinski definition) is 11. The third-order valence-electron chi connectivity index (χ3n) is 13.6. The number of imide groups is 1. The van der Waals surface area contributed by atoms with Gasteiger partial charge in [0.2, 0.25) is 11.8 Å². The number of anilines is 2. The maximum atomic E-state index is 15.6. The molecule has 2 saturated carbocycles. The fraction of sp³-hybridized carbons (Fsp3) is 0.543. The zero-order chi connectivity index (χ0) is 46.3. The second kappa shape index (κ2) is 19.0. The number of nitrogens with one attached hydrogen (secondary N) is 2. The van der Waals surface area contributed by atoms with E-state index in [1.807, 2.05) is 22.9 Å². The smallest absolute Gasteiger partial charge is 0.284 e. The van der Waals surface area contributed by atoms with Crippen LogP contribution in [0, 0.1) is 17.8 Å². The van der Waals surface area contributed by atoms with E-state index in [1.54, 1.807) is 17.2 Å². The third kappa shape index (κ3) is 9.48. The summed E-state index contributed by atoms with van der Waals surface area (Å²) in [5.74, 6) is 5.08. The molecule has 1 aromatic carbocycles. The van der Waals surface area contributed by atoms with Crippen LogP contribution in [0.4, 0.5) is 33.5 Å². The predicted molar refractivity (Wildman–Crippen MR) is 233 cm³/mol. The van der Waals surface area contributed by atoms with Crippen molar-refractivity contribution < 1.29 is 45.8 Å². The second-order valence-corrected chi connectivity index (χ2v) is 18.1. The minimum atomic E-state index is -2.96. The molecule has 5 fully saturated rings. The van der Waals surface area contributed by atoms with Gasteiger partial charge in [-0.1, -0.05) is 24.0 Å².